The lowest BCUT2D eigenvalue weighted by atomic mass is 9.98. The standard InChI is InChI=1S/C13H14F3N3/c1-6(2)9-12(18-19(3)13(9)17)7-4-5-8(14)11(16)10(7)15/h4-6H,17H2,1-3H3. The Hall–Kier alpha value is -1.98. The van der Waals surface area contributed by atoms with Crippen molar-refractivity contribution in [3.63, 3.8) is 0 Å². The lowest BCUT2D eigenvalue weighted by Gasteiger charge is -2.08. The van der Waals surface area contributed by atoms with Crippen LogP contribution in [0, 0.1) is 17.5 Å². The highest BCUT2D eigenvalue weighted by atomic mass is 19.2. The van der Waals surface area contributed by atoms with Gasteiger partial charge in [0.25, 0.3) is 0 Å². The fourth-order valence-corrected chi connectivity index (χ4v) is 2.03. The molecule has 0 bridgehead atoms. The maximum atomic E-state index is 13.8. The van der Waals surface area contributed by atoms with Gasteiger partial charge >= 0.3 is 0 Å². The first kappa shape index (κ1) is 13.5. The summed E-state index contributed by atoms with van der Waals surface area (Å²) >= 11 is 0. The molecular weight excluding hydrogens is 255 g/mol. The van der Waals surface area contributed by atoms with E-state index in [1.54, 1.807) is 7.05 Å². The summed E-state index contributed by atoms with van der Waals surface area (Å²) in [5, 5.41) is 4.10. The molecule has 0 aliphatic heterocycles. The number of halogens is 3. The van der Waals surface area contributed by atoms with E-state index < -0.39 is 17.5 Å². The highest BCUT2D eigenvalue weighted by Gasteiger charge is 2.23. The van der Waals surface area contributed by atoms with E-state index in [2.05, 4.69) is 5.10 Å². The molecule has 0 fully saturated rings. The van der Waals surface area contributed by atoms with Crippen molar-refractivity contribution < 1.29 is 13.2 Å². The summed E-state index contributed by atoms with van der Waals surface area (Å²) in [4.78, 5) is 0. The molecule has 2 rings (SSSR count). The highest BCUT2D eigenvalue weighted by Crippen LogP contribution is 2.34. The van der Waals surface area contributed by atoms with Crippen molar-refractivity contribution >= 4 is 5.82 Å². The van der Waals surface area contributed by atoms with E-state index in [9.17, 15) is 13.2 Å². The van der Waals surface area contributed by atoms with Crippen molar-refractivity contribution in [2.75, 3.05) is 5.73 Å². The van der Waals surface area contributed by atoms with Gasteiger partial charge in [0, 0.05) is 18.2 Å². The van der Waals surface area contributed by atoms with E-state index in [1.807, 2.05) is 13.8 Å². The molecule has 0 aliphatic rings. The summed E-state index contributed by atoms with van der Waals surface area (Å²) in [7, 11) is 1.61. The Kier molecular flexibility index (Phi) is 3.26. The molecular formula is C13H14F3N3. The van der Waals surface area contributed by atoms with Crippen LogP contribution in [0.2, 0.25) is 0 Å². The van der Waals surface area contributed by atoms with Gasteiger partial charge in [-0.25, -0.2) is 13.2 Å². The second-order valence-corrected chi connectivity index (χ2v) is 4.65. The van der Waals surface area contributed by atoms with Crippen molar-refractivity contribution in [2.24, 2.45) is 7.05 Å². The van der Waals surface area contributed by atoms with Crippen molar-refractivity contribution in [1.29, 1.82) is 0 Å². The lowest BCUT2D eigenvalue weighted by molar-refractivity contribution is 0.448. The molecule has 2 N–H and O–H groups in total. The maximum absolute atomic E-state index is 13.8. The molecule has 0 unspecified atom stereocenters. The van der Waals surface area contributed by atoms with Gasteiger partial charge in [0.2, 0.25) is 0 Å². The maximum Gasteiger partial charge on any atom is 0.195 e. The smallest absolute Gasteiger partial charge is 0.195 e. The summed E-state index contributed by atoms with van der Waals surface area (Å²) < 4.78 is 41.5. The van der Waals surface area contributed by atoms with Gasteiger partial charge in [0.1, 0.15) is 11.5 Å². The van der Waals surface area contributed by atoms with Crippen LogP contribution in [0.4, 0.5) is 19.0 Å². The minimum atomic E-state index is -1.50. The van der Waals surface area contributed by atoms with Crippen molar-refractivity contribution in [1.82, 2.24) is 9.78 Å². The van der Waals surface area contributed by atoms with E-state index in [4.69, 9.17) is 5.73 Å². The average molecular weight is 269 g/mol. The number of rotatable bonds is 2. The van der Waals surface area contributed by atoms with E-state index in [0.717, 1.165) is 6.07 Å². The zero-order valence-electron chi connectivity index (χ0n) is 10.8. The number of aromatic nitrogens is 2. The number of hydrogen-bond donors (Lipinski definition) is 1. The number of benzene rings is 1. The molecule has 0 radical (unpaired) electrons. The third kappa shape index (κ3) is 2.07. The van der Waals surface area contributed by atoms with E-state index in [-0.39, 0.29) is 17.2 Å². The summed E-state index contributed by atoms with van der Waals surface area (Å²) in [6.45, 7) is 3.74. The van der Waals surface area contributed by atoms with Gasteiger partial charge in [-0.1, -0.05) is 13.8 Å². The molecule has 1 aromatic carbocycles. The first-order valence-corrected chi connectivity index (χ1v) is 5.80. The second-order valence-electron chi connectivity index (χ2n) is 4.65. The third-order valence-electron chi connectivity index (χ3n) is 3.00. The largest absolute Gasteiger partial charge is 0.384 e. The average Bonchev–Trinajstić information content (AvgIpc) is 2.63. The quantitative estimate of drug-likeness (QED) is 0.851. The predicted molar refractivity (Wildman–Crippen MR) is 67.0 cm³/mol. The van der Waals surface area contributed by atoms with Crippen LogP contribution >= 0.6 is 0 Å². The summed E-state index contributed by atoms with van der Waals surface area (Å²) in [6.07, 6.45) is 0. The summed E-state index contributed by atoms with van der Waals surface area (Å²) in [5.41, 5.74) is 6.64. The zero-order valence-corrected chi connectivity index (χ0v) is 10.8. The second kappa shape index (κ2) is 4.60. The van der Waals surface area contributed by atoms with Crippen LogP contribution in [-0.2, 0) is 7.05 Å². The SMILES string of the molecule is CC(C)c1c(-c2ccc(F)c(F)c2F)nn(C)c1N. The molecule has 0 saturated carbocycles. The molecule has 0 amide bonds. The number of anilines is 1. The van der Waals surface area contributed by atoms with Crippen LogP contribution in [-0.4, -0.2) is 9.78 Å². The molecule has 0 aliphatic carbocycles. The van der Waals surface area contributed by atoms with Crippen LogP contribution in [0.25, 0.3) is 11.3 Å². The Bertz CT molecular complexity index is 633. The van der Waals surface area contributed by atoms with E-state index in [1.165, 1.54) is 10.7 Å². The van der Waals surface area contributed by atoms with E-state index in [0.29, 0.717) is 11.4 Å². The van der Waals surface area contributed by atoms with Crippen LogP contribution in [0.3, 0.4) is 0 Å². The molecule has 1 heterocycles. The molecule has 0 atom stereocenters. The van der Waals surface area contributed by atoms with Gasteiger partial charge in [-0.2, -0.15) is 5.10 Å². The van der Waals surface area contributed by atoms with Crippen LogP contribution < -0.4 is 5.73 Å². The Morgan fingerprint density at radius 1 is 1.16 bits per heavy atom. The summed E-state index contributed by atoms with van der Waals surface area (Å²) in [5.74, 6) is -3.61. The van der Waals surface area contributed by atoms with E-state index >= 15 is 0 Å². The summed E-state index contributed by atoms with van der Waals surface area (Å²) in [6, 6.07) is 2.05. The molecule has 0 saturated heterocycles. The van der Waals surface area contributed by atoms with Crippen molar-refractivity contribution in [2.45, 2.75) is 19.8 Å². The van der Waals surface area contributed by atoms with Gasteiger partial charge in [0.15, 0.2) is 17.5 Å². The predicted octanol–water partition coefficient (Wildman–Crippen LogP) is 3.21. The molecule has 3 nitrogen and oxygen atoms in total. The van der Waals surface area contributed by atoms with Crippen LogP contribution in [0.15, 0.2) is 12.1 Å². The first-order chi connectivity index (χ1) is 8.84. The van der Waals surface area contributed by atoms with Crippen LogP contribution in [0.5, 0.6) is 0 Å². The third-order valence-corrected chi connectivity index (χ3v) is 3.00. The molecule has 19 heavy (non-hydrogen) atoms. The normalized spacial score (nSPS) is 11.3. The van der Waals surface area contributed by atoms with Crippen molar-refractivity contribution in [3.8, 4) is 11.3 Å². The Morgan fingerprint density at radius 3 is 2.37 bits per heavy atom. The van der Waals surface area contributed by atoms with Crippen molar-refractivity contribution in [3.05, 3.63) is 35.1 Å². The molecule has 102 valence electrons. The number of nitrogens with two attached hydrogens (primary N) is 1. The fraction of sp³-hybridized carbons (Fsp3) is 0.308. The minimum absolute atomic E-state index is 0.0174. The fourth-order valence-electron chi connectivity index (χ4n) is 2.03. The highest BCUT2D eigenvalue weighted by molar-refractivity contribution is 5.70. The minimum Gasteiger partial charge on any atom is -0.384 e. The van der Waals surface area contributed by atoms with Gasteiger partial charge < -0.3 is 5.73 Å². The zero-order chi connectivity index (χ0) is 14.3. The first-order valence-electron chi connectivity index (χ1n) is 5.80. The number of nitrogens with zero attached hydrogens (tertiary/aromatic N) is 2. The number of hydrogen-bond acceptors (Lipinski definition) is 2. The Balaban J connectivity index is 2.73. The Morgan fingerprint density at radius 2 is 1.79 bits per heavy atom. The molecule has 6 heteroatoms. The van der Waals surface area contributed by atoms with Gasteiger partial charge in [0.05, 0.1) is 0 Å². The Labute approximate surface area is 108 Å². The number of aryl methyl sites for hydroxylation is 1. The van der Waals surface area contributed by atoms with Gasteiger partial charge in [-0.3, -0.25) is 4.68 Å². The van der Waals surface area contributed by atoms with Gasteiger partial charge in [-0.15, -0.1) is 0 Å². The monoisotopic (exact) mass is 269 g/mol. The molecule has 2 aromatic rings. The number of nitrogen functional groups attached to an aromatic ring is 1. The van der Waals surface area contributed by atoms with Crippen LogP contribution in [0.1, 0.15) is 25.3 Å². The lowest BCUT2D eigenvalue weighted by Crippen LogP contribution is -2.00. The molecule has 0 spiro atoms. The van der Waals surface area contributed by atoms with Gasteiger partial charge in [-0.05, 0) is 18.1 Å². The topological polar surface area (TPSA) is 43.8 Å². The molecule has 1 aromatic heterocycles.